The van der Waals surface area contributed by atoms with Crippen LogP contribution in [0.5, 0.6) is 11.8 Å². The molecule has 0 saturated heterocycles. The van der Waals surface area contributed by atoms with Crippen LogP contribution in [0.1, 0.15) is 43.7 Å². The summed E-state index contributed by atoms with van der Waals surface area (Å²) in [5.41, 5.74) is 1.48. The van der Waals surface area contributed by atoms with Gasteiger partial charge in [-0.25, -0.2) is 23.1 Å². The van der Waals surface area contributed by atoms with Crippen LogP contribution in [0.2, 0.25) is 0 Å². The van der Waals surface area contributed by atoms with Crippen LogP contribution in [-0.2, 0) is 6.61 Å². The molecule has 1 aromatic heterocycles. The third-order valence-electron chi connectivity index (χ3n) is 4.86. The Bertz CT molecular complexity index is 1010. The van der Waals surface area contributed by atoms with Gasteiger partial charge in [-0.05, 0) is 36.6 Å². The Balaban J connectivity index is 1.59. The maximum Gasteiger partial charge on any atom is 0.316 e. The lowest BCUT2D eigenvalue weighted by Gasteiger charge is -2.09. The first-order valence-electron chi connectivity index (χ1n) is 10.3. The number of benzene rings is 2. The van der Waals surface area contributed by atoms with Crippen LogP contribution in [0.3, 0.4) is 0 Å². The van der Waals surface area contributed by atoms with Crippen molar-refractivity contribution in [2.45, 2.75) is 46.1 Å². The van der Waals surface area contributed by atoms with Crippen LogP contribution < -0.4 is 9.47 Å². The number of hydrogen-bond donors (Lipinski definition) is 0. The molecule has 7 heteroatoms. The van der Waals surface area contributed by atoms with Gasteiger partial charge in [0.25, 0.3) is 0 Å². The fourth-order valence-corrected chi connectivity index (χ4v) is 2.99. The van der Waals surface area contributed by atoms with Crippen molar-refractivity contribution in [2.75, 3.05) is 6.61 Å². The van der Waals surface area contributed by atoms with Gasteiger partial charge < -0.3 is 9.47 Å². The summed E-state index contributed by atoms with van der Waals surface area (Å²) in [4.78, 5) is 8.13. The minimum absolute atomic E-state index is 0.0108. The Hall–Kier alpha value is -3.09. The molecule has 0 spiro atoms. The Morgan fingerprint density at radius 3 is 2.32 bits per heavy atom. The van der Waals surface area contributed by atoms with E-state index in [9.17, 15) is 13.2 Å². The van der Waals surface area contributed by atoms with Crippen LogP contribution in [0.25, 0.3) is 11.1 Å². The fraction of sp³-hybridized carbons (Fsp3) is 0.333. The summed E-state index contributed by atoms with van der Waals surface area (Å²) in [7, 11) is 0. The number of hydrogen-bond acceptors (Lipinski definition) is 4. The normalized spacial score (nSPS) is 10.9. The Kier molecular flexibility index (Phi) is 7.87. The third kappa shape index (κ3) is 5.96. The maximum absolute atomic E-state index is 14.3. The quantitative estimate of drug-likeness (QED) is 0.349. The van der Waals surface area contributed by atoms with Crippen molar-refractivity contribution >= 4 is 0 Å². The molecule has 0 atom stereocenters. The summed E-state index contributed by atoms with van der Waals surface area (Å²) in [6, 6.07) is 7.63. The molecular weight excluding hydrogens is 405 g/mol. The minimum Gasteiger partial charge on any atom is -0.491 e. The summed E-state index contributed by atoms with van der Waals surface area (Å²) in [6.07, 6.45) is 7.19. The van der Waals surface area contributed by atoms with Crippen molar-refractivity contribution in [3.8, 4) is 22.9 Å². The fourth-order valence-electron chi connectivity index (χ4n) is 2.99. The van der Waals surface area contributed by atoms with Gasteiger partial charge in [-0.2, -0.15) is 0 Å². The first-order chi connectivity index (χ1) is 15.0. The van der Waals surface area contributed by atoms with E-state index < -0.39 is 17.5 Å². The van der Waals surface area contributed by atoms with Gasteiger partial charge in [0.15, 0.2) is 23.2 Å². The molecule has 0 aliphatic carbocycles. The molecule has 0 fully saturated rings. The smallest absolute Gasteiger partial charge is 0.316 e. The Morgan fingerprint density at radius 2 is 1.61 bits per heavy atom. The molecule has 0 N–H and O–H groups in total. The molecule has 164 valence electrons. The van der Waals surface area contributed by atoms with Gasteiger partial charge in [0.2, 0.25) is 0 Å². The molecule has 4 nitrogen and oxygen atoms in total. The molecular formula is C24H25F3N2O2. The second-order valence-corrected chi connectivity index (χ2v) is 7.27. The van der Waals surface area contributed by atoms with Gasteiger partial charge in [0.1, 0.15) is 6.61 Å². The first kappa shape index (κ1) is 22.6. The van der Waals surface area contributed by atoms with E-state index in [1.807, 2.05) is 0 Å². The van der Waals surface area contributed by atoms with Crippen LogP contribution in [0.4, 0.5) is 13.2 Å². The monoisotopic (exact) mass is 430 g/mol. The zero-order valence-corrected chi connectivity index (χ0v) is 17.6. The summed E-state index contributed by atoms with van der Waals surface area (Å²) >= 11 is 0. The first-order valence-corrected chi connectivity index (χ1v) is 10.3. The topological polar surface area (TPSA) is 44.2 Å². The standard InChI is InChI=1S/C24H25F3N2O2/c1-3-4-5-6-11-30-21-10-9-17(12-20(21)25)19-13-28-24(29-14-19)31-15-18-8-7-16(2)22(26)23(18)27/h7-10,12-14H,3-6,11,15H2,1-2H3. The van der Waals surface area contributed by atoms with Crippen LogP contribution in [-0.4, -0.2) is 16.6 Å². The SMILES string of the molecule is CCCCCCOc1ccc(-c2cnc(OCc3ccc(C)c(F)c3F)nc2)cc1F. The maximum atomic E-state index is 14.3. The van der Waals surface area contributed by atoms with Crippen molar-refractivity contribution < 1.29 is 22.6 Å². The third-order valence-corrected chi connectivity index (χ3v) is 4.86. The number of aryl methyl sites for hydroxylation is 1. The average Bonchev–Trinajstić information content (AvgIpc) is 2.78. The zero-order valence-electron chi connectivity index (χ0n) is 17.6. The molecule has 0 unspecified atom stereocenters. The highest BCUT2D eigenvalue weighted by Gasteiger charge is 2.12. The van der Waals surface area contributed by atoms with E-state index in [1.54, 1.807) is 12.1 Å². The van der Waals surface area contributed by atoms with E-state index in [4.69, 9.17) is 9.47 Å². The van der Waals surface area contributed by atoms with Crippen LogP contribution in [0, 0.1) is 24.4 Å². The number of halogens is 3. The van der Waals surface area contributed by atoms with Gasteiger partial charge in [0.05, 0.1) is 6.61 Å². The molecule has 3 rings (SSSR count). The minimum atomic E-state index is -0.945. The van der Waals surface area contributed by atoms with E-state index in [1.165, 1.54) is 37.5 Å². The van der Waals surface area contributed by atoms with Gasteiger partial charge in [-0.15, -0.1) is 0 Å². The molecule has 0 saturated carbocycles. The van der Waals surface area contributed by atoms with E-state index in [2.05, 4.69) is 16.9 Å². The predicted octanol–water partition coefficient (Wildman–Crippen LogP) is 6.41. The predicted molar refractivity (Wildman–Crippen MR) is 112 cm³/mol. The number of rotatable bonds is 10. The van der Waals surface area contributed by atoms with Crippen molar-refractivity contribution in [3.63, 3.8) is 0 Å². The van der Waals surface area contributed by atoms with E-state index in [0.717, 1.165) is 25.7 Å². The summed E-state index contributed by atoms with van der Waals surface area (Å²) in [5.74, 6) is -2.08. The number of unbranched alkanes of at least 4 members (excludes halogenated alkanes) is 3. The van der Waals surface area contributed by atoms with Gasteiger partial charge in [-0.3, -0.25) is 0 Å². The lowest BCUT2D eigenvalue weighted by atomic mass is 10.1. The molecule has 1 heterocycles. The molecule has 0 amide bonds. The van der Waals surface area contributed by atoms with Gasteiger partial charge in [0, 0.05) is 23.5 Å². The Labute approximate surface area is 180 Å². The van der Waals surface area contributed by atoms with Crippen LogP contribution in [0.15, 0.2) is 42.7 Å². The molecule has 0 aliphatic heterocycles. The highest BCUT2D eigenvalue weighted by Crippen LogP contribution is 2.26. The molecule has 0 bridgehead atoms. The lowest BCUT2D eigenvalue weighted by Crippen LogP contribution is -2.04. The molecule has 2 aromatic carbocycles. The largest absolute Gasteiger partial charge is 0.491 e. The zero-order chi connectivity index (χ0) is 22.2. The summed E-state index contributed by atoms with van der Waals surface area (Å²) in [5, 5.41) is 0. The van der Waals surface area contributed by atoms with Gasteiger partial charge in [-0.1, -0.05) is 44.4 Å². The van der Waals surface area contributed by atoms with Crippen molar-refractivity contribution in [1.29, 1.82) is 0 Å². The molecule has 0 radical (unpaired) electrons. The highest BCUT2D eigenvalue weighted by molar-refractivity contribution is 5.62. The molecule has 3 aromatic rings. The second-order valence-electron chi connectivity index (χ2n) is 7.27. The van der Waals surface area contributed by atoms with Crippen molar-refractivity contribution in [2.24, 2.45) is 0 Å². The van der Waals surface area contributed by atoms with E-state index in [-0.39, 0.29) is 29.5 Å². The average molecular weight is 430 g/mol. The number of aromatic nitrogens is 2. The Morgan fingerprint density at radius 1 is 0.839 bits per heavy atom. The molecule has 31 heavy (non-hydrogen) atoms. The van der Waals surface area contributed by atoms with Gasteiger partial charge >= 0.3 is 6.01 Å². The van der Waals surface area contributed by atoms with E-state index in [0.29, 0.717) is 17.7 Å². The summed E-state index contributed by atoms with van der Waals surface area (Å²) < 4.78 is 52.7. The van der Waals surface area contributed by atoms with Crippen LogP contribution >= 0.6 is 0 Å². The van der Waals surface area contributed by atoms with E-state index >= 15 is 0 Å². The number of nitrogens with zero attached hydrogens (tertiary/aromatic N) is 2. The summed E-state index contributed by atoms with van der Waals surface area (Å²) in [6.45, 7) is 3.89. The van der Waals surface area contributed by atoms with Crippen molar-refractivity contribution in [1.82, 2.24) is 9.97 Å². The highest BCUT2D eigenvalue weighted by atomic mass is 19.2. The number of ether oxygens (including phenoxy) is 2. The molecule has 0 aliphatic rings. The van der Waals surface area contributed by atoms with Crippen molar-refractivity contribution in [3.05, 3.63) is 71.3 Å². The lowest BCUT2D eigenvalue weighted by molar-refractivity contribution is 0.273. The second kappa shape index (κ2) is 10.8.